The van der Waals surface area contributed by atoms with Crippen LogP contribution < -0.4 is 10.0 Å². The van der Waals surface area contributed by atoms with Crippen molar-refractivity contribution in [1.82, 2.24) is 9.78 Å². The minimum Gasteiger partial charge on any atom is -0.388 e. The maximum absolute atomic E-state index is 12.3. The Kier molecular flexibility index (Phi) is 3.80. The van der Waals surface area contributed by atoms with Gasteiger partial charge in [0.2, 0.25) is 0 Å². The Bertz CT molecular complexity index is 784. The summed E-state index contributed by atoms with van der Waals surface area (Å²) in [6, 6.07) is 3.80. The van der Waals surface area contributed by atoms with Crippen molar-refractivity contribution in [2.24, 2.45) is 7.05 Å². The van der Waals surface area contributed by atoms with Crippen LogP contribution in [0.25, 0.3) is 0 Å². The zero-order valence-corrected chi connectivity index (χ0v) is 12.1. The van der Waals surface area contributed by atoms with Gasteiger partial charge in [-0.2, -0.15) is 5.10 Å². The first kappa shape index (κ1) is 14.8. The summed E-state index contributed by atoms with van der Waals surface area (Å²) in [6.07, 6.45) is 2.76. The Hall–Kier alpha value is -2.62. The lowest BCUT2D eigenvalue weighted by atomic mass is 10.3. The van der Waals surface area contributed by atoms with E-state index >= 15 is 0 Å². The van der Waals surface area contributed by atoms with Gasteiger partial charge < -0.3 is 5.32 Å². The minimum atomic E-state index is -4.07. The number of nitro groups is 1. The largest absolute Gasteiger partial charge is 0.388 e. The number of benzene rings is 1. The van der Waals surface area contributed by atoms with Crippen molar-refractivity contribution in [2.45, 2.75) is 4.90 Å². The molecule has 0 bridgehead atoms. The molecular weight excluding hydrogens is 298 g/mol. The lowest BCUT2D eigenvalue weighted by molar-refractivity contribution is -0.387. The van der Waals surface area contributed by atoms with Gasteiger partial charge >= 0.3 is 0 Å². The van der Waals surface area contributed by atoms with Gasteiger partial charge in [-0.1, -0.05) is 0 Å². The van der Waals surface area contributed by atoms with E-state index in [4.69, 9.17) is 0 Å². The molecule has 0 spiro atoms. The van der Waals surface area contributed by atoms with Crippen LogP contribution in [0.2, 0.25) is 0 Å². The number of rotatable bonds is 5. The molecule has 0 aliphatic heterocycles. The smallest absolute Gasteiger partial charge is 0.291 e. The highest BCUT2D eigenvalue weighted by Crippen LogP contribution is 2.28. The standard InChI is InChI=1S/C11H13N5O4S/c1-12-8-3-4-11(10(5-8)16(17)18)21(19,20)14-9-6-13-15(2)7-9/h3-7,12,14H,1-2H3. The van der Waals surface area contributed by atoms with Crippen molar-refractivity contribution in [1.29, 1.82) is 0 Å². The Morgan fingerprint density at radius 3 is 2.57 bits per heavy atom. The molecule has 1 aromatic carbocycles. The first-order valence-corrected chi connectivity index (χ1v) is 7.29. The van der Waals surface area contributed by atoms with E-state index in [1.807, 2.05) is 0 Å². The van der Waals surface area contributed by atoms with Crippen molar-refractivity contribution < 1.29 is 13.3 Å². The Balaban J connectivity index is 2.46. The first-order chi connectivity index (χ1) is 9.83. The number of hydrogen-bond acceptors (Lipinski definition) is 6. The van der Waals surface area contributed by atoms with Crippen molar-refractivity contribution >= 4 is 27.1 Å². The highest BCUT2D eigenvalue weighted by Gasteiger charge is 2.26. The fourth-order valence-electron chi connectivity index (χ4n) is 1.73. The molecule has 0 atom stereocenters. The van der Waals surface area contributed by atoms with Gasteiger partial charge in [0.15, 0.2) is 4.90 Å². The zero-order chi connectivity index (χ0) is 15.6. The fraction of sp³-hybridized carbons (Fsp3) is 0.182. The maximum Gasteiger partial charge on any atom is 0.291 e. The molecule has 0 aliphatic carbocycles. The fourth-order valence-corrected chi connectivity index (χ4v) is 2.91. The molecule has 0 amide bonds. The molecule has 0 saturated heterocycles. The van der Waals surface area contributed by atoms with Gasteiger partial charge in [0.25, 0.3) is 15.7 Å². The van der Waals surface area contributed by atoms with E-state index in [1.165, 1.54) is 29.2 Å². The second kappa shape index (κ2) is 5.40. The lowest BCUT2D eigenvalue weighted by Gasteiger charge is -2.08. The Labute approximate surface area is 120 Å². The highest BCUT2D eigenvalue weighted by molar-refractivity contribution is 7.92. The number of nitrogens with zero attached hydrogens (tertiary/aromatic N) is 3. The number of nitro benzene ring substituents is 1. The van der Waals surface area contributed by atoms with Gasteiger partial charge in [-0.05, 0) is 12.1 Å². The summed E-state index contributed by atoms with van der Waals surface area (Å²) in [5.74, 6) is 0. The van der Waals surface area contributed by atoms with Crippen LogP contribution in [0.15, 0.2) is 35.5 Å². The summed E-state index contributed by atoms with van der Waals surface area (Å²) in [5.41, 5.74) is 0.171. The van der Waals surface area contributed by atoms with Crippen LogP contribution in [-0.4, -0.2) is 30.2 Å². The topological polar surface area (TPSA) is 119 Å². The van der Waals surface area contributed by atoms with E-state index in [1.54, 1.807) is 14.1 Å². The molecule has 10 heteroatoms. The van der Waals surface area contributed by atoms with E-state index in [9.17, 15) is 18.5 Å². The predicted octanol–water partition coefficient (Wildman–Crippen LogP) is 1.17. The minimum absolute atomic E-state index is 0.226. The molecule has 0 saturated carbocycles. The van der Waals surface area contributed by atoms with E-state index < -0.39 is 25.5 Å². The zero-order valence-electron chi connectivity index (χ0n) is 11.3. The molecule has 0 fully saturated rings. The molecule has 0 aliphatic rings. The number of anilines is 2. The van der Waals surface area contributed by atoms with E-state index in [-0.39, 0.29) is 5.69 Å². The number of aromatic nitrogens is 2. The molecule has 112 valence electrons. The molecule has 0 radical (unpaired) electrons. The van der Waals surface area contributed by atoms with Crippen molar-refractivity contribution in [2.75, 3.05) is 17.1 Å². The van der Waals surface area contributed by atoms with Crippen LogP contribution in [0.3, 0.4) is 0 Å². The molecule has 1 aromatic heterocycles. The third kappa shape index (κ3) is 3.11. The molecule has 9 nitrogen and oxygen atoms in total. The number of hydrogen-bond donors (Lipinski definition) is 2. The van der Waals surface area contributed by atoms with Gasteiger partial charge in [-0.25, -0.2) is 8.42 Å². The molecule has 0 unspecified atom stereocenters. The van der Waals surface area contributed by atoms with Crippen LogP contribution in [0, 0.1) is 10.1 Å². The summed E-state index contributed by atoms with van der Waals surface area (Å²) in [7, 11) is -0.862. The van der Waals surface area contributed by atoms with Crippen molar-refractivity contribution in [3.8, 4) is 0 Å². The van der Waals surface area contributed by atoms with E-state index in [2.05, 4.69) is 15.1 Å². The quantitative estimate of drug-likeness (QED) is 0.632. The van der Waals surface area contributed by atoms with Crippen LogP contribution in [0.4, 0.5) is 17.1 Å². The summed E-state index contributed by atoms with van der Waals surface area (Å²) in [6.45, 7) is 0. The van der Waals surface area contributed by atoms with Gasteiger partial charge in [-0.3, -0.25) is 19.5 Å². The van der Waals surface area contributed by atoms with Gasteiger partial charge in [0.05, 0.1) is 16.8 Å². The third-order valence-corrected chi connectivity index (χ3v) is 4.12. The first-order valence-electron chi connectivity index (χ1n) is 5.81. The summed E-state index contributed by atoms with van der Waals surface area (Å²) >= 11 is 0. The maximum atomic E-state index is 12.3. The van der Waals surface area contributed by atoms with Crippen LogP contribution in [0.1, 0.15) is 0 Å². The van der Waals surface area contributed by atoms with Gasteiger partial charge in [0.1, 0.15) is 0 Å². The molecule has 2 aromatic rings. The SMILES string of the molecule is CNc1ccc(S(=O)(=O)Nc2cnn(C)c2)c([N+](=O)[O-])c1. The summed E-state index contributed by atoms with van der Waals surface area (Å²) < 4.78 is 28.2. The number of nitrogens with one attached hydrogen (secondary N) is 2. The summed E-state index contributed by atoms with van der Waals surface area (Å²) in [5, 5.41) is 17.6. The number of sulfonamides is 1. The van der Waals surface area contributed by atoms with E-state index in [0.717, 1.165) is 6.07 Å². The Morgan fingerprint density at radius 1 is 1.33 bits per heavy atom. The highest BCUT2D eigenvalue weighted by atomic mass is 32.2. The molecule has 21 heavy (non-hydrogen) atoms. The average Bonchev–Trinajstić information content (AvgIpc) is 2.82. The predicted molar refractivity (Wildman–Crippen MR) is 76.7 cm³/mol. The van der Waals surface area contributed by atoms with Crippen LogP contribution in [-0.2, 0) is 17.1 Å². The number of aryl methyl sites for hydroxylation is 1. The second-order valence-electron chi connectivity index (χ2n) is 4.20. The molecule has 2 rings (SSSR count). The second-order valence-corrected chi connectivity index (χ2v) is 5.85. The monoisotopic (exact) mass is 311 g/mol. The Morgan fingerprint density at radius 2 is 2.05 bits per heavy atom. The van der Waals surface area contributed by atoms with E-state index in [0.29, 0.717) is 5.69 Å². The van der Waals surface area contributed by atoms with Crippen molar-refractivity contribution in [3.05, 3.63) is 40.7 Å². The van der Waals surface area contributed by atoms with Gasteiger partial charge in [0, 0.05) is 32.0 Å². The average molecular weight is 311 g/mol. The molecule has 2 N–H and O–H groups in total. The van der Waals surface area contributed by atoms with Crippen LogP contribution in [0.5, 0.6) is 0 Å². The van der Waals surface area contributed by atoms with Crippen LogP contribution >= 0.6 is 0 Å². The van der Waals surface area contributed by atoms with Crippen molar-refractivity contribution in [3.63, 3.8) is 0 Å². The third-order valence-electron chi connectivity index (χ3n) is 2.69. The lowest BCUT2D eigenvalue weighted by Crippen LogP contribution is -2.14. The normalized spacial score (nSPS) is 11.1. The summed E-state index contributed by atoms with van der Waals surface area (Å²) in [4.78, 5) is 9.92. The molecular formula is C11H13N5O4S. The van der Waals surface area contributed by atoms with Gasteiger partial charge in [-0.15, -0.1) is 0 Å². The molecule has 1 heterocycles.